The number of fused-ring (bicyclic) bond motifs is 1. The molecule has 0 radical (unpaired) electrons. The van der Waals surface area contributed by atoms with Gasteiger partial charge in [0.05, 0.1) is 0 Å². The van der Waals surface area contributed by atoms with Crippen molar-refractivity contribution < 1.29 is 26.3 Å². The largest absolute Gasteiger partial charge is 0.204 e. The Morgan fingerprint density at radius 3 is 2.09 bits per heavy atom. The number of rotatable bonds is 5. The van der Waals surface area contributed by atoms with Crippen LogP contribution in [-0.4, -0.2) is 0 Å². The van der Waals surface area contributed by atoms with Crippen LogP contribution in [0, 0.1) is 52.7 Å². The van der Waals surface area contributed by atoms with Gasteiger partial charge in [0.25, 0.3) is 0 Å². The lowest BCUT2D eigenvalue weighted by Crippen LogP contribution is -2.18. The van der Waals surface area contributed by atoms with Gasteiger partial charge in [0.1, 0.15) is 5.56 Å². The number of hydrogen-bond donors (Lipinski definition) is 0. The number of halogens is 6. The predicted molar refractivity (Wildman–Crippen MR) is 125 cm³/mol. The number of hydrogen-bond acceptors (Lipinski definition) is 0. The predicted octanol–water partition coefficient (Wildman–Crippen LogP) is 8.93. The zero-order valence-electron chi connectivity index (χ0n) is 19.5. The molecule has 0 atom stereocenters. The Hall–Kier alpha value is -2.94. The molecule has 0 aromatic heterocycles. The zero-order chi connectivity index (χ0) is 25.1. The summed E-state index contributed by atoms with van der Waals surface area (Å²) < 4.78 is 86.7. The third-order valence-electron chi connectivity index (χ3n) is 7.01. The van der Waals surface area contributed by atoms with Crippen LogP contribution in [0.3, 0.4) is 0 Å². The van der Waals surface area contributed by atoms with Gasteiger partial charge in [-0.25, -0.2) is 26.3 Å². The average molecular weight is 489 g/mol. The first-order valence-electron chi connectivity index (χ1n) is 12.1. The fourth-order valence-electron chi connectivity index (χ4n) is 5.02. The Morgan fingerprint density at radius 2 is 1.43 bits per heavy atom. The molecule has 0 spiro atoms. The highest BCUT2D eigenvalue weighted by atomic mass is 19.2. The Morgan fingerprint density at radius 1 is 0.743 bits per heavy atom. The molecule has 6 heteroatoms. The van der Waals surface area contributed by atoms with E-state index in [1.807, 2.05) is 0 Å². The lowest BCUT2D eigenvalue weighted by Gasteiger charge is -2.29. The van der Waals surface area contributed by atoms with Crippen LogP contribution in [0.5, 0.6) is 0 Å². The Balaban J connectivity index is 1.59. The SMILES string of the molecule is CCCCCC1CCC(c2c(F)c(F)c(C#Cc3ccc4c(F)c(F)ccc4c3)c(F)c2F)CC1. The van der Waals surface area contributed by atoms with E-state index in [9.17, 15) is 26.3 Å². The molecule has 0 N–H and O–H groups in total. The summed E-state index contributed by atoms with van der Waals surface area (Å²) in [5.41, 5.74) is -1.28. The fraction of sp³-hybridized carbons (Fsp3) is 0.379. The van der Waals surface area contributed by atoms with Gasteiger partial charge < -0.3 is 0 Å². The molecule has 3 aromatic rings. The molecule has 4 rings (SSSR count). The first-order valence-corrected chi connectivity index (χ1v) is 12.1. The van der Waals surface area contributed by atoms with Gasteiger partial charge in [-0.05, 0) is 61.1 Å². The van der Waals surface area contributed by atoms with E-state index in [2.05, 4.69) is 18.8 Å². The van der Waals surface area contributed by atoms with E-state index in [1.165, 1.54) is 24.3 Å². The number of unbranched alkanes of at least 4 members (excludes halogenated alkanes) is 2. The van der Waals surface area contributed by atoms with Crippen molar-refractivity contribution in [2.45, 2.75) is 64.2 Å². The van der Waals surface area contributed by atoms with Crippen molar-refractivity contribution >= 4 is 10.8 Å². The van der Waals surface area contributed by atoms with Gasteiger partial charge in [-0.3, -0.25) is 0 Å². The van der Waals surface area contributed by atoms with Gasteiger partial charge >= 0.3 is 0 Å². The normalized spacial score (nSPS) is 17.9. The molecule has 1 saturated carbocycles. The molecule has 0 nitrogen and oxygen atoms in total. The monoisotopic (exact) mass is 488 g/mol. The standard InChI is InChI=1S/C29H26F6/c1-2-3-4-5-17-6-10-19(11-7-17)24-28(34)26(32)22(27(33)29(24)35)14-9-18-8-13-21-20(16-18)12-15-23(30)25(21)31/h8,12-13,15-17,19H,2-7,10-11H2,1H3. The molecule has 35 heavy (non-hydrogen) atoms. The summed E-state index contributed by atoms with van der Waals surface area (Å²) in [6.07, 6.45) is 7.00. The highest BCUT2D eigenvalue weighted by Crippen LogP contribution is 2.41. The molecule has 1 aliphatic rings. The Bertz CT molecular complexity index is 1260. The maximum atomic E-state index is 14.9. The summed E-state index contributed by atoms with van der Waals surface area (Å²) in [6, 6.07) is 6.32. The van der Waals surface area contributed by atoms with Crippen molar-refractivity contribution in [1.82, 2.24) is 0 Å². The van der Waals surface area contributed by atoms with E-state index in [4.69, 9.17) is 0 Å². The second-order valence-corrected chi connectivity index (χ2v) is 9.31. The van der Waals surface area contributed by atoms with E-state index in [0.29, 0.717) is 24.1 Å². The Kier molecular flexibility index (Phi) is 7.74. The van der Waals surface area contributed by atoms with E-state index >= 15 is 0 Å². The molecule has 0 saturated heterocycles. The zero-order valence-corrected chi connectivity index (χ0v) is 19.5. The minimum absolute atomic E-state index is 0.0226. The summed E-state index contributed by atoms with van der Waals surface area (Å²) in [4.78, 5) is 0. The van der Waals surface area contributed by atoms with E-state index < -0.39 is 51.9 Å². The molecular weight excluding hydrogens is 462 g/mol. The van der Waals surface area contributed by atoms with Gasteiger partial charge in [-0.15, -0.1) is 0 Å². The average Bonchev–Trinajstić information content (AvgIpc) is 2.86. The van der Waals surface area contributed by atoms with Crippen molar-refractivity contribution in [3.8, 4) is 11.8 Å². The maximum absolute atomic E-state index is 14.9. The summed E-state index contributed by atoms with van der Waals surface area (Å²) >= 11 is 0. The van der Waals surface area contributed by atoms with E-state index in [0.717, 1.165) is 44.6 Å². The van der Waals surface area contributed by atoms with E-state index in [1.54, 1.807) is 0 Å². The van der Waals surface area contributed by atoms with Crippen LogP contribution < -0.4 is 0 Å². The Labute approximate surface area is 201 Å². The number of benzene rings is 3. The second kappa shape index (κ2) is 10.8. The molecule has 1 aliphatic carbocycles. The van der Waals surface area contributed by atoms with Crippen LogP contribution in [0.4, 0.5) is 26.3 Å². The summed E-state index contributed by atoms with van der Waals surface area (Å²) in [7, 11) is 0. The molecule has 184 valence electrons. The molecule has 0 unspecified atom stereocenters. The molecular formula is C29H26F6. The van der Waals surface area contributed by atoms with Crippen molar-refractivity contribution in [3.63, 3.8) is 0 Å². The highest BCUT2D eigenvalue weighted by Gasteiger charge is 2.32. The molecule has 0 heterocycles. The second-order valence-electron chi connectivity index (χ2n) is 9.31. The van der Waals surface area contributed by atoms with Gasteiger partial charge in [0.15, 0.2) is 34.9 Å². The minimum atomic E-state index is -1.51. The summed E-state index contributed by atoms with van der Waals surface area (Å²) in [5.74, 6) is -3.25. The van der Waals surface area contributed by atoms with Crippen LogP contribution in [-0.2, 0) is 0 Å². The van der Waals surface area contributed by atoms with Crippen LogP contribution in [0.2, 0.25) is 0 Å². The first-order chi connectivity index (χ1) is 16.8. The third-order valence-corrected chi connectivity index (χ3v) is 7.01. The van der Waals surface area contributed by atoms with Crippen molar-refractivity contribution in [3.05, 3.63) is 81.9 Å². The molecule has 1 fully saturated rings. The smallest absolute Gasteiger partial charge is 0.177 e. The van der Waals surface area contributed by atoms with Crippen molar-refractivity contribution in [2.75, 3.05) is 0 Å². The van der Waals surface area contributed by atoms with Gasteiger partial charge in [-0.2, -0.15) is 0 Å². The highest BCUT2D eigenvalue weighted by molar-refractivity contribution is 5.84. The molecule has 0 aliphatic heterocycles. The molecule has 0 amide bonds. The van der Waals surface area contributed by atoms with Crippen molar-refractivity contribution in [2.24, 2.45) is 5.92 Å². The van der Waals surface area contributed by atoms with Gasteiger partial charge in [0.2, 0.25) is 0 Å². The van der Waals surface area contributed by atoms with Crippen LogP contribution in [0.25, 0.3) is 10.8 Å². The van der Waals surface area contributed by atoms with Crippen LogP contribution in [0.1, 0.15) is 80.9 Å². The van der Waals surface area contributed by atoms with Crippen molar-refractivity contribution in [1.29, 1.82) is 0 Å². The molecule has 3 aromatic carbocycles. The lowest BCUT2D eigenvalue weighted by molar-refractivity contribution is 0.290. The minimum Gasteiger partial charge on any atom is -0.204 e. The quantitative estimate of drug-likeness (QED) is 0.146. The van der Waals surface area contributed by atoms with Crippen LogP contribution >= 0.6 is 0 Å². The summed E-state index contributed by atoms with van der Waals surface area (Å²) in [6.45, 7) is 2.13. The van der Waals surface area contributed by atoms with Crippen LogP contribution in [0.15, 0.2) is 30.3 Å². The first kappa shape index (κ1) is 25.2. The molecule has 0 bridgehead atoms. The van der Waals surface area contributed by atoms with Gasteiger partial charge in [-0.1, -0.05) is 56.6 Å². The maximum Gasteiger partial charge on any atom is 0.177 e. The topological polar surface area (TPSA) is 0 Å². The van der Waals surface area contributed by atoms with E-state index in [-0.39, 0.29) is 10.9 Å². The van der Waals surface area contributed by atoms with Gasteiger partial charge in [0, 0.05) is 16.5 Å². The third kappa shape index (κ3) is 5.19. The lowest BCUT2D eigenvalue weighted by atomic mass is 9.76. The fourth-order valence-corrected chi connectivity index (χ4v) is 5.02. The summed E-state index contributed by atoms with van der Waals surface area (Å²) in [5, 5.41) is 0.351.